The van der Waals surface area contributed by atoms with Gasteiger partial charge in [-0.25, -0.2) is 9.59 Å². The van der Waals surface area contributed by atoms with Gasteiger partial charge in [-0.1, -0.05) is 48.5 Å². The summed E-state index contributed by atoms with van der Waals surface area (Å²) in [4.78, 5) is 27.0. The first-order chi connectivity index (χ1) is 16.4. The van der Waals surface area contributed by atoms with Gasteiger partial charge in [-0.2, -0.15) is 0 Å². The second kappa shape index (κ2) is 8.80. The van der Waals surface area contributed by atoms with Crippen LogP contribution in [0.1, 0.15) is 41.1 Å². The maximum absolute atomic E-state index is 13.3. The van der Waals surface area contributed by atoms with Crippen molar-refractivity contribution in [3.8, 4) is 16.9 Å². The number of rotatable bonds is 4. The number of methoxy groups -OCH3 is 1. The van der Waals surface area contributed by atoms with Crippen molar-refractivity contribution in [3.05, 3.63) is 87.4 Å². The highest BCUT2D eigenvalue weighted by atomic mass is 79.9. The Hall–Kier alpha value is -3.32. The van der Waals surface area contributed by atoms with Gasteiger partial charge in [0.25, 0.3) is 0 Å². The fourth-order valence-electron chi connectivity index (χ4n) is 5.23. The third-order valence-corrected chi connectivity index (χ3v) is 7.38. The number of nitrogens with zero attached hydrogens (tertiary/aromatic N) is 1. The number of carboxylic acids is 1. The van der Waals surface area contributed by atoms with Crippen LogP contribution in [0.2, 0.25) is 0 Å². The van der Waals surface area contributed by atoms with Crippen LogP contribution in [0.25, 0.3) is 11.1 Å². The van der Waals surface area contributed by atoms with Crippen LogP contribution in [0.3, 0.4) is 0 Å². The Kier molecular flexibility index (Phi) is 5.81. The molecular weight excluding hydrogens is 498 g/mol. The van der Waals surface area contributed by atoms with Crippen molar-refractivity contribution in [1.82, 2.24) is 4.90 Å². The van der Waals surface area contributed by atoms with Crippen molar-refractivity contribution < 1.29 is 24.2 Å². The van der Waals surface area contributed by atoms with E-state index >= 15 is 0 Å². The van der Waals surface area contributed by atoms with Crippen molar-refractivity contribution in [3.63, 3.8) is 0 Å². The number of halogens is 1. The lowest BCUT2D eigenvalue weighted by Gasteiger charge is -2.39. The molecule has 1 aliphatic carbocycles. The van der Waals surface area contributed by atoms with E-state index in [1.165, 1.54) is 4.90 Å². The zero-order valence-corrected chi connectivity index (χ0v) is 20.4. The largest absolute Gasteiger partial charge is 0.496 e. The van der Waals surface area contributed by atoms with Crippen LogP contribution in [-0.2, 0) is 16.0 Å². The van der Waals surface area contributed by atoms with Gasteiger partial charge in [0.2, 0.25) is 0 Å². The normalized spacial score (nSPS) is 18.6. The Morgan fingerprint density at radius 2 is 1.65 bits per heavy atom. The fraction of sp³-hybridized carbons (Fsp3) is 0.259. The molecule has 1 N–H and O–H groups in total. The SMILES string of the molecule is COc1cc2c(cc1Br)C(C(=O)O)N(C(=O)OCC1c3ccccc3-c3ccccc31)[C@H](C)C2. The third-order valence-electron chi connectivity index (χ3n) is 6.76. The van der Waals surface area contributed by atoms with E-state index in [-0.39, 0.29) is 18.6 Å². The first kappa shape index (κ1) is 22.5. The molecule has 1 amide bonds. The second-order valence-corrected chi connectivity index (χ2v) is 9.55. The molecule has 2 aliphatic rings. The summed E-state index contributed by atoms with van der Waals surface area (Å²) in [5.41, 5.74) is 5.91. The van der Waals surface area contributed by atoms with Crippen molar-refractivity contribution in [2.75, 3.05) is 13.7 Å². The Morgan fingerprint density at radius 3 is 2.24 bits per heavy atom. The van der Waals surface area contributed by atoms with Crippen LogP contribution in [0.15, 0.2) is 65.1 Å². The van der Waals surface area contributed by atoms with E-state index in [2.05, 4.69) is 40.2 Å². The van der Waals surface area contributed by atoms with Gasteiger partial charge in [0, 0.05) is 12.0 Å². The molecule has 1 heterocycles. The summed E-state index contributed by atoms with van der Waals surface area (Å²) in [6.07, 6.45) is -0.119. The first-order valence-corrected chi connectivity index (χ1v) is 11.9. The molecule has 2 atom stereocenters. The van der Waals surface area contributed by atoms with Crippen molar-refractivity contribution >= 4 is 28.0 Å². The second-order valence-electron chi connectivity index (χ2n) is 8.69. The molecule has 0 saturated heterocycles. The van der Waals surface area contributed by atoms with Crippen LogP contribution < -0.4 is 4.74 Å². The van der Waals surface area contributed by atoms with Crippen molar-refractivity contribution in [2.45, 2.75) is 31.3 Å². The minimum absolute atomic E-state index is 0.0922. The predicted octanol–water partition coefficient (Wildman–Crippen LogP) is 5.78. The lowest BCUT2D eigenvalue weighted by Crippen LogP contribution is -2.49. The average Bonchev–Trinajstić information content (AvgIpc) is 3.15. The standard InChI is InChI=1S/C27H24BrNO5/c1-15-11-16-12-24(33-2)23(28)13-21(16)25(26(30)31)29(15)27(32)34-14-22-19-9-5-3-7-17(19)18-8-4-6-10-20(18)22/h3-10,12-13,15,22,25H,11,14H2,1-2H3,(H,30,31)/t15-,25?/m1/s1. The molecule has 1 aliphatic heterocycles. The van der Waals surface area contributed by atoms with Crippen LogP contribution in [0.4, 0.5) is 4.79 Å². The van der Waals surface area contributed by atoms with Crippen LogP contribution in [0.5, 0.6) is 5.75 Å². The Balaban J connectivity index is 1.43. The van der Waals surface area contributed by atoms with Gasteiger partial charge >= 0.3 is 12.1 Å². The first-order valence-electron chi connectivity index (χ1n) is 11.1. The monoisotopic (exact) mass is 521 g/mol. The molecule has 0 saturated carbocycles. The lowest BCUT2D eigenvalue weighted by atomic mass is 9.88. The van der Waals surface area contributed by atoms with E-state index in [0.717, 1.165) is 27.8 Å². The molecule has 3 aromatic rings. The number of aliphatic carboxylic acids is 1. The third kappa shape index (κ3) is 3.64. The van der Waals surface area contributed by atoms with Gasteiger partial charge < -0.3 is 14.6 Å². The molecule has 0 aromatic heterocycles. The van der Waals surface area contributed by atoms with Crippen LogP contribution >= 0.6 is 15.9 Å². The molecule has 6 nitrogen and oxygen atoms in total. The minimum atomic E-state index is -1.14. The zero-order valence-electron chi connectivity index (χ0n) is 18.8. The number of benzene rings is 3. The van der Waals surface area contributed by atoms with Crippen LogP contribution in [-0.4, -0.2) is 41.8 Å². The predicted molar refractivity (Wildman–Crippen MR) is 131 cm³/mol. The number of carbonyl (C=O) groups is 2. The summed E-state index contributed by atoms with van der Waals surface area (Å²) in [5, 5.41) is 10.1. The maximum Gasteiger partial charge on any atom is 0.411 e. The average molecular weight is 522 g/mol. The van der Waals surface area contributed by atoms with Gasteiger partial charge in [-0.15, -0.1) is 0 Å². The molecule has 5 rings (SSSR count). The molecule has 7 heteroatoms. The van der Waals surface area contributed by atoms with Crippen molar-refractivity contribution in [1.29, 1.82) is 0 Å². The highest BCUT2D eigenvalue weighted by Gasteiger charge is 2.42. The Bertz CT molecular complexity index is 1240. The van der Waals surface area contributed by atoms with E-state index in [1.807, 2.05) is 37.3 Å². The van der Waals surface area contributed by atoms with E-state index in [9.17, 15) is 14.7 Å². The van der Waals surface area contributed by atoms with Gasteiger partial charge in [-0.05, 0) is 74.8 Å². The molecule has 34 heavy (non-hydrogen) atoms. The molecule has 0 spiro atoms. The fourth-order valence-corrected chi connectivity index (χ4v) is 5.75. The van der Waals surface area contributed by atoms with Gasteiger partial charge in [-0.3, -0.25) is 4.90 Å². The Morgan fingerprint density at radius 1 is 1.03 bits per heavy atom. The zero-order chi connectivity index (χ0) is 24.0. The molecule has 0 radical (unpaired) electrons. The van der Waals surface area contributed by atoms with Gasteiger partial charge in [0.15, 0.2) is 6.04 Å². The summed E-state index contributed by atoms with van der Waals surface area (Å²) in [6, 6.07) is 18.3. The number of hydrogen-bond donors (Lipinski definition) is 1. The number of carboxylic acid groups (broad SMARTS) is 1. The molecule has 174 valence electrons. The summed E-state index contributed by atoms with van der Waals surface area (Å²) in [5.74, 6) is -0.562. The number of hydrogen-bond acceptors (Lipinski definition) is 4. The van der Waals surface area contributed by atoms with Crippen molar-refractivity contribution in [2.24, 2.45) is 0 Å². The Labute approximate surface area is 206 Å². The number of carbonyl (C=O) groups excluding carboxylic acids is 1. The topological polar surface area (TPSA) is 76.1 Å². The number of ether oxygens (including phenoxy) is 2. The highest BCUT2D eigenvalue weighted by Crippen LogP contribution is 2.45. The van der Waals surface area contributed by atoms with E-state index in [4.69, 9.17) is 9.47 Å². The molecule has 0 fully saturated rings. The lowest BCUT2D eigenvalue weighted by molar-refractivity contribution is -0.144. The molecular formula is C27H24BrNO5. The van der Waals surface area contributed by atoms with Crippen LogP contribution in [0, 0.1) is 0 Å². The summed E-state index contributed by atoms with van der Waals surface area (Å²) in [6.45, 7) is 1.98. The van der Waals surface area contributed by atoms with Gasteiger partial charge in [0.1, 0.15) is 12.4 Å². The molecule has 3 aromatic carbocycles. The summed E-state index contributed by atoms with van der Waals surface area (Å²) >= 11 is 3.44. The van der Waals surface area contributed by atoms with E-state index in [1.54, 1.807) is 13.2 Å². The number of fused-ring (bicyclic) bond motifs is 4. The highest BCUT2D eigenvalue weighted by molar-refractivity contribution is 9.10. The molecule has 0 bridgehead atoms. The summed E-state index contributed by atoms with van der Waals surface area (Å²) < 4.78 is 11.8. The minimum Gasteiger partial charge on any atom is -0.496 e. The van der Waals surface area contributed by atoms with E-state index < -0.39 is 18.1 Å². The summed E-state index contributed by atoms with van der Waals surface area (Å²) in [7, 11) is 1.57. The quantitative estimate of drug-likeness (QED) is 0.470. The number of amides is 1. The van der Waals surface area contributed by atoms with E-state index in [0.29, 0.717) is 22.2 Å². The van der Waals surface area contributed by atoms with Gasteiger partial charge in [0.05, 0.1) is 11.6 Å². The molecule has 1 unspecified atom stereocenters. The smallest absolute Gasteiger partial charge is 0.411 e. The maximum atomic E-state index is 13.3.